The van der Waals surface area contributed by atoms with Crippen LogP contribution in [0.3, 0.4) is 0 Å². The van der Waals surface area contributed by atoms with Crippen molar-refractivity contribution in [2.75, 3.05) is 19.8 Å². The van der Waals surface area contributed by atoms with Crippen molar-refractivity contribution in [2.24, 2.45) is 0 Å². The summed E-state index contributed by atoms with van der Waals surface area (Å²) in [4.78, 5) is 12.2. The Labute approximate surface area is 149 Å². The molecule has 5 nitrogen and oxygen atoms in total. The molecule has 0 radical (unpaired) electrons. The maximum atomic E-state index is 12.2. The Hall–Kier alpha value is -2.28. The van der Waals surface area contributed by atoms with Gasteiger partial charge in [0.15, 0.2) is 0 Å². The topological polar surface area (TPSA) is 71.3 Å². The minimum absolute atomic E-state index is 0.00310. The fourth-order valence-corrected chi connectivity index (χ4v) is 2.67. The fourth-order valence-electron chi connectivity index (χ4n) is 2.29. The number of carbonyl (C=O) groups excluding carboxylic acids is 1. The van der Waals surface area contributed by atoms with E-state index in [1.165, 1.54) is 6.08 Å². The van der Waals surface area contributed by atoms with Gasteiger partial charge in [-0.15, -0.1) is 6.42 Å². The molecule has 1 saturated heterocycles. The van der Waals surface area contributed by atoms with Gasteiger partial charge in [-0.2, -0.15) is 5.26 Å². The Kier molecular flexibility index (Phi) is 6.87. The summed E-state index contributed by atoms with van der Waals surface area (Å²) in [5.41, 5.74) is 0.597. The van der Waals surface area contributed by atoms with Gasteiger partial charge in [-0.3, -0.25) is 4.79 Å². The van der Waals surface area contributed by atoms with Gasteiger partial charge in [-0.1, -0.05) is 21.9 Å². The van der Waals surface area contributed by atoms with Crippen LogP contribution in [0, 0.1) is 23.7 Å². The Morgan fingerprint density at radius 1 is 1.58 bits per heavy atom. The number of carbonyl (C=O) groups is 1. The van der Waals surface area contributed by atoms with Crippen molar-refractivity contribution in [3.05, 3.63) is 33.8 Å². The summed E-state index contributed by atoms with van der Waals surface area (Å²) in [6.07, 6.45) is 8.63. The number of rotatable bonds is 6. The molecular formula is C18H17BrN2O3. The molecule has 0 bridgehead atoms. The molecule has 1 aliphatic heterocycles. The standard InChI is InChI=1S/C18H17BrN2O3/c1-2-7-24-17-6-5-15(19)10-13(17)9-14(11-20)18(22)21-12-16-4-3-8-23-16/h1,5-6,9-10,16H,3-4,7-8,12H2,(H,21,22)/b14-9+/t16-/m0/s1. The van der Waals surface area contributed by atoms with E-state index in [4.69, 9.17) is 15.9 Å². The average molecular weight is 389 g/mol. The van der Waals surface area contributed by atoms with E-state index < -0.39 is 5.91 Å². The van der Waals surface area contributed by atoms with Gasteiger partial charge >= 0.3 is 0 Å². The van der Waals surface area contributed by atoms with Crippen molar-refractivity contribution in [3.8, 4) is 24.2 Å². The molecule has 0 spiro atoms. The lowest BCUT2D eigenvalue weighted by Gasteiger charge is -2.11. The van der Waals surface area contributed by atoms with Crippen molar-refractivity contribution < 1.29 is 14.3 Å². The number of benzene rings is 1. The van der Waals surface area contributed by atoms with Gasteiger partial charge in [-0.05, 0) is 37.1 Å². The first-order valence-corrected chi connectivity index (χ1v) is 8.30. The van der Waals surface area contributed by atoms with Crippen LogP contribution in [0.5, 0.6) is 5.75 Å². The zero-order valence-electron chi connectivity index (χ0n) is 13.0. The Bertz CT molecular complexity index is 710. The van der Waals surface area contributed by atoms with Gasteiger partial charge in [-0.25, -0.2) is 0 Å². The molecule has 0 unspecified atom stereocenters. The SMILES string of the molecule is C#CCOc1ccc(Br)cc1/C=C(\C#N)C(=O)NC[C@@H]1CCCO1. The maximum absolute atomic E-state index is 12.2. The smallest absolute Gasteiger partial charge is 0.262 e. The summed E-state index contributed by atoms with van der Waals surface area (Å²) in [6.45, 7) is 1.22. The third-order valence-corrected chi connectivity index (χ3v) is 3.96. The van der Waals surface area contributed by atoms with E-state index in [1.807, 2.05) is 6.07 Å². The van der Waals surface area contributed by atoms with Crippen molar-refractivity contribution in [2.45, 2.75) is 18.9 Å². The highest BCUT2D eigenvalue weighted by Crippen LogP contribution is 2.25. The van der Waals surface area contributed by atoms with E-state index in [9.17, 15) is 10.1 Å². The van der Waals surface area contributed by atoms with Crippen molar-refractivity contribution in [3.63, 3.8) is 0 Å². The summed E-state index contributed by atoms with van der Waals surface area (Å²) >= 11 is 3.36. The third kappa shape index (κ3) is 5.13. The van der Waals surface area contributed by atoms with Gasteiger partial charge < -0.3 is 14.8 Å². The molecule has 1 aliphatic rings. The maximum Gasteiger partial charge on any atom is 0.262 e. The number of amides is 1. The van der Waals surface area contributed by atoms with E-state index in [1.54, 1.807) is 18.2 Å². The minimum atomic E-state index is -0.434. The fraction of sp³-hybridized carbons (Fsp3) is 0.333. The number of hydrogen-bond donors (Lipinski definition) is 1. The molecule has 0 saturated carbocycles. The molecule has 1 aromatic carbocycles. The number of terminal acetylenes is 1. The number of nitrogens with one attached hydrogen (secondary N) is 1. The second kappa shape index (κ2) is 9.12. The zero-order chi connectivity index (χ0) is 17.4. The van der Waals surface area contributed by atoms with Crippen LogP contribution in [0.2, 0.25) is 0 Å². The van der Waals surface area contributed by atoms with E-state index in [0.717, 1.165) is 23.9 Å². The van der Waals surface area contributed by atoms with Gasteiger partial charge in [0.2, 0.25) is 0 Å². The lowest BCUT2D eigenvalue weighted by atomic mass is 10.1. The summed E-state index contributed by atoms with van der Waals surface area (Å²) in [5, 5.41) is 12.0. The molecule has 2 rings (SSSR count). The van der Waals surface area contributed by atoms with Crippen LogP contribution in [-0.2, 0) is 9.53 Å². The monoisotopic (exact) mass is 388 g/mol. The van der Waals surface area contributed by atoms with Gasteiger partial charge in [0, 0.05) is 23.2 Å². The van der Waals surface area contributed by atoms with Crippen LogP contribution in [-0.4, -0.2) is 31.8 Å². The minimum Gasteiger partial charge on any atom is -0.480 e. The number of ether oxygens (including phenoxy) is 2. The predicted octanol–water partition coefficient (Wildman–Crippen LogP) is 2.66. The normalized spacial score (nSPS) is 17.0. The average Bonchev–Trinajstić information content (AvgIpc) is 3.10. The van der Waals surface area contributed by atoms with Gasteiger partial charge in [0.05, 0.1) is 6.10 Å². The van der Waals surface area contributed by atoms with Crippen molar-refractivity contribution >= 4 is 27.9 Å². The largest absolute Gasteiger partial charge is 0.480 e. The van der Waals surface area contributed by atoms with Crippen LogP contribution >= 0.6 is 15.9 Å². The first kappa shape index (κ1) is 18.1. The van der Waals surface area contributed by atoms with Gasteiger partial charge in [0.1, 0.15) is 24.0 Å². The van der Waals surface area contributed by atoms with Crippen molar-refractivity contribution in [1.29, 1.82) is 5.26 Å². The highest BCUT2D eigenvalue weighted by molar-refractivity contribution is 9.10. The molecule has 6 heteroatoms. The predicted molar refractivity (Wildman–Crippen MR) is 94.0 cm³/mol. The third-order valence-electron chi connectivity index (χ3n) is 3.46. The zero-order valence-corrected chi connectivity index (χ0v) is 14.6. The lowest BCUT2D eigenvalue weighted by molar-refractivity contribution is -0.117. The summed E-state index contributed by atoms with van der Waals surface area (Å²) in [5.74, 6) is 2.46. The Morgan fingerprint density at radius 2 is 2.42 bits per heavy atom. The number of nitrogens with zero attached hydrogens (tertiary/aromatic N) is 1. The molecule has 1 amide bonds. The molecule has 1 fully saturated rings. The van der Waals surface area contributed by atoms with Gasteiger partial charge in [0.25, 0.3) is 5.91 Å². The Balaban J connectivity index is 2.13. The number of halogens is 1. The van der Waals surface area contributed by atoms with Crippen LogP contribution in [0.25, 0.3) is 6.08 Å². The Morgan fingerprint density at radius 3 is 3.08 bits per heavy atom. The molecule has 1 aromatic rings. The first-order chi connectivity index (χ1) is 11.6. The molecule has 1 atom stereocenters. The molecule has 0 aromatic heterocycles. The quantitative estimate of drug-likeness (QED) is 0.461. The second-order valence-corrected chi connectivity index (χ2v) is 6.11. The highest BCUT2D eigenvalue weighted by Gasteiger charge is 2.18. The van der Waals surface area contributed by atoms with Crippen LogP contribution in [0.4, 0.5) is 0 Å². The second-order valence-electron chi connectivity index (χ2n) is 5.19. The molecule has 24 heavy (non-hydrogen) atoms. The van der Waals surface area contributed by atoms with E-state index >= 15 is 0 Å². The molecule has 1 N–H and O–H groups in total. The summed E-state index contributed by atoms with van der Waals surface area (Å²) in [7, 11) is 0. The van der Waals surface area contributed by atoms with E-state index in [2.05, 4.69) is 27.2 Å². The molecule has 0 aliphatic carbocycles. The van der Waals surface area contributed by atoms with Crippen LogP contribution in [0.1, 0.15) is 18.4 Å². The number of hydrogen-bond acceptors (Lipinski definition) is 4. The van der Waals surface area contributed by atoms with E-state index in [0.29, 0.717) is 17.9 Å². The van der Waals surface area contributed by atoms with Crippen LogP contribution in [0.15, 0.2) is 28.2 Å². The molecular weight excluding hydrogens is 372 g/mol. The summed E-state index contributed by atoms with van der Waals surface area (Å²) < 4.78 is 11.7. The number of nitriles is 1. The van der Waals surface area contributed by atoms with E-state index in [-0.39, 0.29) is 18.3 Å². The highest BCUT2D eigenvalue weighted by atomic mass is 79.9. The first-order valence-electron chi connectivity index (χ1n) is 7.51. The molecule has 124 valence electrons. The van der Waals surface area contributed by atoms with Crippen LogP contribution < -0.4 is 10.1 Å². The summed E-state index contributed by atoms with van der Waals surface area (Å²) in [6, 6.07) is 7.21. The lowest BCUT2D eigenvalue weighted by Crippen LogP contribution is -2.32. The van der Waals surface area contributed by atoms with Crippen molar-refractivity contribution in [1.82, 2.24) is 5.32 Å². The molecule has 1 heterocycles.